The van der Waals surface area contributed by atoms with Gasteiger partial charge in [0.1, 0.15) is 0 Å². The van der Waals surface area contributed by atoms with E-state index >= 15 is 0 Å². The summed E-state index contributed by atoms with van der Waals surface area (Å²) in [7, 11) is 1.59. The zero-order valence-corrected chi connectivity index (χ0v) is 5.88. The molecule has 50 valence electrons. The Bertz CT molecular complexity index is 148. The largest absolute Gasteiger partial charge is 0.304 e. The summed E-state index contributed by atoms with van der Waals surface area (Å²) >= 11 is 0. The molecule has 1 atom stereocenters. The van der Waals surface area contributed by atoms with Crippen LogP contribution >= 0.6 is 0 Å². The number of Topliss-reactive ketones (excluding diaryl/α,β-unsaturated/α-hetero) is 1. The van der Waals surface area contributed by atoms with Crippen LogP contribution in [0.4, 0.5) is 0 Å². The molecule has 0 amide bonds. The highest BCUT2D eigenvalue weighted by atomic mass is 16.1. The first-order valence-corrected chi connectivity index (χ1v) is 2.72. The van der Waals surface area contributed by atoms with Gasteiger partial charge in [-0.05, 0) is 13.8 Å². The van der Waals surface area contributed by atoms with E-state index in [1.165, 1.54) is 11.8 Å². The van der Waals surface area contributed by atoms with Gasteiger partial charge in [-0.3, -0.25) is 4.79 Å². The minimum absolute atomic E-state index is 0.0130. The second-order valence-corrected chi connectivity index (χ2v) is 2.00. The molecule has 0 fully saturated rings. The van der Waals surface area contributed by atoms with Crippen molar-refractivity contribution in [1.29, 1.82) is 5.26 Å². The summed E-state index contributed by atoms with van der Waals surface area (Å²) in [6.07, 6.45) is 1.86. The number of hydrogen-bond donors (Lipinski definition) is 0. The van der Waals surface area contributed by atoms with Crippen molar-refractivity contribution >= 4 is 5.78 Å². The summed E-state index contributed by atoms with van der Waals surface area (Å²) in [6, 6.07) is -0.282. The van der Waals surface area contributed by atoms with Crippen LogP contribution in [0.25, 0.3) is 0 Å². The Balaban J connectivity index is 3.91. The van der Waals surface area contributed by atoms with E-state index in [2.05, 4.69) is 0 Å². The van der Waals surface area contributed by atoms with Crippen LogP contribution in [0.2, 0.25) is 0 Å². The van der Waals surface area contributed by atoms with E-state index in [4.69, 9.17) is 5.26 Å². The molecule has 0 aromatic rings. The van der Waals surface area contributed by atoms with E-state index in [9.17, 15) is 4.79 Å². The average Bonchev–Trinajstić information content (AvgIpc) is 1.84. The molecule has 0 saturated carbocycles. The summed E-state index contributed by atoms with van der Waals surface area (Å²) in [6.45, 7) is 3.17. The van der Waals surface area contributed by atoms with Crippen LogP contribution in [0.5, 0.6) is 0 Å². The van der Waals surface area contributed by atoms with Gasteiger partial charge in [-0.1, -0.05) is 0 Å². The van der Waals surface area contributed by atoms with Crippen LogP contribution in [-0.4, -0.2) is 23.8 Å². The van der Waals surface area contributed by atoms with Crippen molar-refractivity contribution in [2.45, 2.75) is 19.9 Å². The van der Waals surface area contributed by atoms with Crippen molar-refractivity contribution in [2.24, 2.45) is 0 Å². The molecule has 0 aromatic carbocycles. The number of likely N-dealkylation sites (N-methyl/N-ethyl adjacent to an activating group) is 1. The van der Waals surface area contributed by atoms with Gasteiger partial charge in [-0.15, -0.1) is 0 Å². The lowest BCUT2D eigenvalue weighted by molar-refractivity contribution is -0.120. The van der Waals surface area contributed by atoms with Crippen molar-refractivity contribution in [3.63, 3.8) is 0 Å². The molecule has 0 N–H and O–H groups in total. The average molecular weight is 126 g/mol. The van der Waals surface area contributed by atoms with Crippen molar-refractivity contribution in [3.8, 4) is 6.19 Å². The standard InChI is InChI=1S/C6H10N2O/c1-5(6(2)9)8(3)4-7/h5H,1-3H3. The molecule has 0 radical (unpaired) electrons. The number of carbonyl (C=O) groups is 1. The zero-order chi connectivity index (χ0) is 7.44. The lowest BCUT2D eigenvalue weighted by Crippen LogP contribution is -2.30. The van der Waals surface area contributed by atoms with E-state index in [-0.39, 0.29) is 11.8 Å². The Labute approximate surface area is 54.9 Å². The highest BCUT2D eigenvalue weighted by Gasteiger charge is 2.10. The smallest absolute Gasteiger partial charge is 0.179 e. The third kappa shape index (κ3) is 2.13. The third-order valence-electron chi connectivity index (χ3n) is 1.33. The number of hydrogen-bond acceptors (Lipinski definition) is 3. The summed E-state index contributed by atoms with van der Waals surface area (Å²) in [5, 5.41) is 8.28. The Morgan fingerprint density at radius 3 is 2.33 bits per heavy atom. The quantitative estimate of drug-likeness (QED) is 0.397. The second kappa shape index (κ2) is 3.08. The van der Waals surface area contributed by atoms with Gasteiger partial charge in [-0.25, -0.2) is 0 Å². The van der Waals surface area contributed by atoms with E-state index < -0.39 is 0 Å². The number of nitriles is 1. The number of carbonyl (C=O) groups excluding carboxylic acids is 1. The van der Waals surface area contributed by atoms with Gasteiger partial charge in [0.25, 0.3) is 0 Å². The highest BCUT2D eigenvalue weighted by molar-refractivity contribution is 5.81. The van der Waals surface area contributed by atoms with E-state index in [0.29, 0.717) is 0 Å². The maximum Gasteiger partial charge on any atom is 0.179 e. The SMILES string of the molecule is CC(=O)C(C)N(C)C#N. The molecule has 0 aliphatic heterocycles. The third-order valence-corrected chi connectivity index (χ3v) is 1.33. The molecule has 0 bridgehead atoms. The summed E-state index contributed by atoms with van der Waals surface area (Å²) in [4.78, 5) is 11.9. The molecule has 9 heavy (non-hydrogen) atoms. The molecule has 0 spiro atoms. The zero-order valence-electron chi connectivity index (χ0n) is 5.88. The molecule has 0 heterocycles. The monoisotopic (exact) mass is 126 g/mol. The predicted octanol–water partition coefficient (Wildman–Crippen LogP) is 0.377. The van der Waals surface area contributed by atoms with Crippen LogP contribution in [-0.2, 0) is 4.79 Å². The Kier molecular flexibility index (Phi) is 2.72. The minimum Gasteiger partial charge on any atom is -0.304 e. The fourth-order valence-corrected chi connectivity index (χ4v) is 0.359. The Morgan fingerprint density at radius 1 is 1.78 bits per heavy atom. The van der Waals surface area contributed by atoms with E-state index in [1.807, 2.05) is 6.19 Å². The van der Waals surface area contributed by atoms with Gasteiger partial charge in [0.15, 0.2) is 12.0 Å². The normalized spacial score (nSPS) is 11.8. The molecule has 3 nitrogen and oxygen atoms in total. The number of nitrogens with zero attached hydrogens (tertiary/aromatic N) is 2. The number of rotatable bonds is 2. The maximum atomic E-state index is 10.6. The van der Waals surface area contributed by atoms with Gasteiger partial charge in [0.05, 0.1) is 6.04 Å². The fraction of sp³-hybridized carbons (Fsp3) is 0.667. The molecule has 0 aromatic heterocycles. The van der Waals surface area contributed by atoms with Crippen LogP contribution in [0.3, 0.4) is 0 Å². The first kappa shape index (κ1) is 7.96. The minimum atomic E-state index is -0.282. The van der Waals surface area contributed by atoms with Crippen molar-refractivity contribution in [1.82, 2.24) is 4.90 Å². The first-order chi connectivity index (χ1) is 4.09. The topological polar surface area (TPSA) is 44.1 Å². The van der Waals surface area contributed by atoms with Crippen LogP contribution in [0.15, 0.2) is 0 Å². The molecule has 0 saturated heterocycles. The van der Waals surface area contributed by atoms with E-state index in [0.717, 1.165) is 0 Å². The highest BCUT2D eigenvalue weighted by Crippen LogP contribution is 1.92. The van der Waals surface area contributed by atoms with Crippen LogP contribution < -0.4 is 0 Å². The molecular weight excluding hydrogens is 116 g/mol. The second-order valence-electron chi connectivity index (χ2n) is 2.00. The molecule has 0 rings (SSSR count). The molecule has 1 unspecified atom stereocenters. The molecular formula is C6H10N2O. The van der Waals surface area contributed by atoms with Gasteiger partial charge in [-0.2, -0.15) is 5.26 Å². The van der Waals surface area contributed by atoms with Crippen LogP contribution in [0.1, 0.15) is 13.8 Å². The van der Waals surface area contributed by atoms with Crippen molar-refractivity contribution < 1.29 is 4.79 Å². The van der Waals surface area contributed by atoms with Gasteiger partial charge >= 0.3 is 0 Å². The summed E-state index contributed by atoms with van der Waals surface area (Å²) < 4.78 is 0. The van der Waals surface area contributed by atoms with Crippen molar-refractivity contribution in [2.75, 3.05) is 7.05 Å². The van der Waals surface area contributed by atoms with Gasteiger partial charge in [0.2, 0.25) is 0 Å². The van der Waals surface area contributed by atoms with E-state index in [1.54, 1.807) is 14.0 Å². The lowest BCUT2D eigenvalue weighted by Gasteiger charge is -2.14. The molecule has 3 heteroatoms. The lowest BCUT2D eigenvalue weighted by atomic mass is 10.2. The van der Waals surface area contributed by atoms with Crippen molar-refractivity contribution in [3.05, 3.63) is 0 Å². The van der Waals surface area contributed by atoms with Gasteiger partial charge in [0, 0.05) is 7.05 Å². The summed E-state index contributed by atoms with van der Waals surface area (Å²) in [5.74, 6) is 0.0130. The summed E-state index contributed by atoms with van der Waals surface area (Å²) in [5.41, 5.74) is 0. The van der Waals surface area contributed by atoms with Gasteiger partial charge < -0.3 is 4.90 Å². The predicted molar refractivity (Wildman–Crippen MR) is 33.5 cm³/mol. The number of ketones is 1. The fourth-order valence-electron chi connectivity index (χ4n) is 0.359. The van der Waals surface area contributed by atoms with Crippen LogP contribution in [0, 0.1) is 11.5 Å². The molecule has 0 aliphatic rings. The maximum absolute atomic E-state index is 10.6. The Hall–Kier alpha value is -1.04. The Morgan fingerprint density at radius 2 is 2.22 bits per heavy atom. The molecule has 0 aliphatic carbocycles. The first-order valence-electron chi connectivity index (χ1n) is 2.72.